The molecule has 2 atom stereocenters. The molecule has 0 saturated carbocycles. The van der Waals surface area contributed by atoms with E-state index in [1.165, 1.54) is 12.7 Å². The van der Waals surface area contributed by atoms with E-state index in [2.05, 4.69) is 34.1 Å². The molecule has 1 aliphatic carbocycles. The minimum absolute atomic E-state index is 0.0660. The van der Waals surface area contributed by atoms with E-state index in [9.17, 15) is 4.79 Å². The van der Waals surface area contributed by atoms with Gasteiger partial charge >= 0.3 is 5.97 Å². The summed E-state index contributed by atoms with van der Waals surface area (Å²) in [4.78, 5) is 11.8. The molecule has 1 aromatic carbocycles. The number of carbonyl (C=O) groups excluding carboxylic acids is 1. The Labute approximate surface area is 110 Å². The van der Waals surface area contributed by atoms with Gasteiger partial charge in [-0.15, -0.1) is 0 Å². The normalized spacial score (nSPS) is 23.4. The second-order valence-corrected chi connectivity index (χ2v) is 5.05. The van der Waals surface area contributed by atoms with Gasteiger partial charge in [0.1, 0.15) is 0 Å². The van der Waals surface area contributed by atoms with Gasteiger partial charge < -0.3 is 4.74 Å². The largest absolute Gasteiger partial charge is 0.469 e. The Hall–Kier alpha value is -1.09. The first-order valence-corrected chi connectivity index (χ1v) is 6.50. The fourth-order valence-corrected chi connectivity index (χ4v) is 2.92. The van der Waals surface area contributed by atoms with Gasteiger partial charge in [-0.3, -0.25) is 4.79 Å². The van der Waals surface area contributed by atoms with Gasteiger partial charge in [0.2, 0.25) is 0 Å². The molecule has 0 amide bonds. The van der Waals surface area contributed by atoms with Crippen LogP contribution < -0.4 is 0 Å². The second-order valence-electron chi connectivity index (χ2n) is 4.20. The Balaban J connectivity index is 2.32. The highest BCUT2D eigenvalue weighted by molar-refractivity contribution is 9.10. The van der Waals surface area contributed by atoms with Crippen LogP contribution in [0, 0.1) is 5.92 Å². The molecule has 0 heterocycles. The van der Waals surface area contributed by atoms with E-state index in [4.69, 9.17) is 4.74 Å². The number of esters is 1. The number of hydrogen-bond acceptors (Lipinski definition) is 2. The summed E-state index contributed by atoms with van der Waals surface area (Å²) >= 11 is 3.55. The van der Waals surface area contributed by atoms with E-state index in [0.717, 1.165) is 17.3 Å². The van der Waals surface area contributed by atoms with Crippen molar-refractivity contribution in [2.75, 3.05) is 7.11 Å². The fraction of sp³-hybridized carbons (Fsp3) is 0.357. The van der Waals surface area contributed by atoms with Crippen molar-refractivity contribution in [3.63, 3.8) is 0 Å². The van der Waals surface area contributed by atoms with Gasteiger partial charge in [-0.1, -0.05) is 46.3 Å². The fourth-order valence-electron chi connectivity index (χ4n) is 2.35. The zero-order valence-corrected chi connectivity index (χ0v) is 11.3. The maximum absolute atomic E-state index is 11.8. The molecule has 0 aliphatic heterocycles. The minimum Gasteiger partial charge on any atom is -0.469 e. The predicted molar refractivity (Wildman–Crippen MR) is 70.8 cm³/mol. The van der Waals surface area contributed by atoms with Crippen LogP contribution in [0.15, 0.2) is 40.9 Å². The number of methoxy groups -OCH3 is 1. The first kappa shape index (κ1) is 12.4. The quantitative estimate of drug-likeness (QED) is 0.614. The third kappa shape index (κ3) is 2.60. The average molecular weight is 295 g/mol. The zero-order chi connectivity index (χ0) is 12.3. The highest BCUT2D eigenvalue weighted by Crippen LogP contribution is 2.38. The number of carbonyl (C=O) groups is 1. The van der Waals surface area contributed by atoms with Crippen molar-refractivity contribution < 1.29 is 9.53 Å². The van der Waals surface area contributed by atoms with E-state index in [1.807, 2.05) is 18.2 Å². The summed E-state index contributed by atoms with van der Waals surface area (Å²) in [5.41, 5.74) is 1.19. The molecule has 0 saturated heterocycles. The molecular weight excluding hydrogens is 280 g/mol. The van der Waals surface area contributed by atoms with Crippen molar-refractivity contribution >= 4 is 21.9 Å². The van der Waals surface area contributed by atoms with E-state index in [-0.39, 0.29) is 17.8 Å². The summed E-state index contributed by atoms with van der Waals surface area (Å²) in [7, 11) is 1.46. The summed E-state index contributed by atoms with van der Waals surface area (Å²) < 4.78 is 5.96. The van der Waals surface area contributed by atoms with E-state index in [1.54, 1.807) is 0 Å². The Morgan fingerprint density at radius 3 is 2.71 bits per heavy atom. The van der Waals surface area contributed by atoms with Crippen LogP contribution in [0.4, 0.5) is 0 Å². The van der Waals surface area contributed by atoms with Crippen LogP contribution in [-0.2, 0) is 9.53 Å². The molecule has 0 radical (unpaired) electrons. The van der Waals surface area contributed by atoms with Crippen LogP contribution in [0.1, 0.15) is 24.3 Å². The molecule has 0 bridgehead atoms. The molecule has 2 nitrogen and oxygen atoms in total. The Kier molecular flexibility index (Phi) is 4.00. The lowest BCUT2D eigenvalue weighted by Gasteiger charge is -2.27. The van der Waals surface area contributed by atoms with Crippen LogP contribution in [0.25, 0.3) is 0 Å². The number of allylic oxidation sites excluding steroid dienone is 2. The third-order valence-electron chi connectivity index (χ3n) is 3.24. The molecule has 1 aliphatic rings. The standard InChI is InChI=1S/C14H15BrO2/c1-17-14(16)12-8-3-2-6-10(12)11-7-4-5-9-13(11)15/h2-5,7,9-10,12H,6,8H2,1H3/t10-,12+/m0/s1. The minimum atomic E-state index is -0.116. The molecular formula is C14H15BrO2. The molecule has 0 N–H and O–H groups in total. The van der Waals surface area contributed by atoms with Crippen molar-refractivity contribution in [3.05, 3.63) is 46.5 Å². The van der Waals surface area contributed by atoms with Crippen molar-refractivity contribution in [2.24, 2.45) is 5.92 Å². The van der Waals surface area contributed by atoms with Crippen LogP contribution in [-0.4, -0.2) is 13.1 Å². The van der Waals surface area contributed by atoms with Gasteiger partial charge in [0.05, 0.1) is 13.0 Å². The molecule has 0 spiro atoms. The summed E-state index contributed by atoms with van der Waals surface area (Å²) in [6, 6.07) is 8.08. The monoisotopic (exact) mass is 294 g/mol. The summed E-state index contributed by atoms with van der Waals surface area (Å²) in [5.74, 6) is 0.0295. The smallest absolute Gasteiger partial charge is 0.309 e. The number of rotatable bonds is 2. The lowest BCUT2D eigenvalue weighted by molar-refractivity contribution is -0.146. The summed E-state index contributed by atoms with van der Waals surface area (Å²) in [6.07, 6.45) is 5.86. The maximum atomic E-state index is 11.8. The number of hydrogen-bond donors (Lipinski definition) is 0. The summed E-state index contributed by atoms with van der Waals surface area (Å²) in [5, 5.41) is 0. The summed E-state index contributed by atoms with van der Waals surface area (Å²) in [6.45, 7) is 0. The number of ether oxygens (including phenoxy) is 1. The molecule has 0 unspecified atom stereocenters. The Morgan fingerprint density at radius 1 is 1.29 bits per heavy atom. The van der Waals surface area contributed by atoms with Gasteiger partial charge in [0.25, 0.3) is 0 Å². The van der Waals surface area contributed by atoms with Crippen molar-refractivity contribution in [2.45, 2.75) is 18.8 Å². The predicted octanol–water partition coefficient (Wildman–Crippen LogP) is 3.67. The molecule has 17 heavy (non-hydrogen) atoms. The van der Waals surface area contributed by atoms with Crippen molar-refractivity contribution in [1.82, 2.24) is 0 Å². The van der Waals surface area contributed by atoms with Crippen molar-refractivity contribution in [1.29, 1.82) is 0 Å². The molecule has 1 aromatic rings. The molecule has 0 fully saturated rings. The highest BCUT2D eigenvalue weighted by Gasteiger charge is 2.31. The van der Waals surface area contributed by atoms with Gasteiger partial charge in [0.15, 0.2) is 0 Å². The molecule has 2 rings (SSSR count). The first-order chi connectivity index (χ1) is 8.24. The van der Waals surface area contributed by atoms with Crippen LogP contribution in [0.2, 0.25) is 0 Å². The second kappa shape index (κ2) is 5.50. The SMILES string of the molecule is COC(=O)[C@@H]1CC=CC[C@H]1c1ccccc1Br. The van der Waals surface area contributed by atoms with E-state index < -0.39 is 0 Å². The van der Waals surface area contributed by atoms with Crippen molar-refractivity contribution in [3.8, 4) is 0 Å². The maximum Gasteiger partial charge on any atom is 0.309 e. The Bertz CT molecular complexity index is 440. The Morgan fingerprint density at radius 2 is 2.00 bits per heavy atom. The number of benzene rings is 1. The topological polar surface area (TPSA) is 26.3 Å². The molecule has 3 heteroatoms. The number of halogens is 1. The van der Waals surface area contributed by atoms with Gasteiger partial charge in [-0.05, 0) is 24.5 Å². The van der Waals surface area contributed by atoms with Gasteiger partial charge in [-0.2, -0.15) is 0 Å². The average Bonchev–Trinajstić information content (AvgIpc) is 2.38. The van der Waals surface area contributed by atoms with E-state index >= 15 is 0 Å². The lowest BCUT2D eigenvalue weighted by Crippen LogP contribution is -2.25. The van der Waals surface area contributed by atoms with Crippen LogP contribution in [0.3, 0.4) is 0 Å². The lowest BCUT2D eigenvalue weighted by atomic mass is 9.78. The highest BCUT2D eigenvalue weighted by atomic mass is 79.9. The molecule has 90 valence electrons. The van der Waals surface area contributed by atoms with Crippen LogP contribution in [0.5, 0.6) is 0 Å². The van der Waals surface area contributed by atoms with E-state index in [0.29, 0.717) is 0 Å². The first-order valence-electron chi connectivity index (χ1n) is 5.71. The zero-order valence-electron chi connectivity index (χ0n) is 9.73. The van der Waals surface area contributed by atoms with Gasteiger partial charge in [0, 0.05) is 10.4 Å². The van der Waals surface area contributed by atoms with Gasteiger partial charge in [-0.25, -0.2) is 0 Å². The third-order valence-corrected chi connectivity index (χ3v) is 3.96. The molecule has 0 aromatic heterocycles. The van der Waals surface area contributed by atoms with Crippen LogP contribution >= 0.6 is 15.9 Å².